The molecule has 0 saturated carbocycles. The van der Waals surface area contributed by atoms with Crippen LogP contribution >= 0.6 is 0 Å². The second-order valence-electron chi connectivity index (χ2n) is 4.37. The molecule has 0 unspecified atom stereocenters. The van der Waals surface area contributed by atoms with Gasteiger partial charge in [0.05, 0.1) is 12.4 Å². The number of hydrogen-bond donors (Lipinski definition) is 1. The minimum absolute atomic E-state index is 0.00505. The number of hydrogen-bond acceptors (Lipinski definition) is 3. The number of benzene rings is 1. The molecule has 2 atom stereocenters. The Labute approximate surface area is 102 Å². The van der Waals surface area contributed by atoms with Gasteiger partial charge in [0.1, 0.15) is 0 Å². The van der Waals surface area contributed by atoms with Crippen LogP contribution in [0.15, 0.2) is 30.3 Å². The molecule has 1 aromatic carbocycles. The van der Waals surface area contributed by atoms with E-state index in [1.54, 1.807) is 0 Å². The maximum absolute atomic E-state index is 11.1. The van der Waals surface area contributed by atoms with E-state index in [4.69, 9.17) is 4.74 Å². The normalized spacial score (nSPS) is 25.0. The zero-order chi connectivity index (χ0) is 12.3. The molecule has 0 spiro atoms. The summed E-state index contributed by atoms with van der Waals surface area (Å²) >= 11 is 0. The summed E-state index contributed by atoms with van der Waals surface area (Å²) in [4.78, 5) is 0. The van der Waals surface area contributed by atoms with E-state index in [0.29, 0.717) is 13.2 Å². The number of sulfonamides is 1. The van der Waals surface area contributed by atoms with Gasteiger partial charge < -0.3 is 4.74 Å². The van der Waals surface area contributed by atoms with Crippen LogP contribution in [0.25, 0.3) is 0 Å². The van der Waals surface area contributed by atoms with Crippen LogP contribution in [0.4, 0.5) is 0 Å². The van der Waals surface area contributed by atoms with Gasteiger partial charge in [0, 0.05) is 19.1 Å². The quantitative estimate of drug-likeness (QED) is 0.882. The maximum atomic E-state index is 11.1. The third kappa shape index (κ3) is 3.52. The highest BCUT2D eigenvalue weighted by Crippen LogP contribution is 2.33. The molecular formula is C12H17NO3S. The van der Waals surface area contributed by atoms with Crippen molar-refractivity contribution in [3.05, 3.63) is 35.9 Å². The first-order valence-electron chi connectivity index (χ1n) is 5.67. The van der Waals surface area contributed by atoms with Crippen molar-refractivity contribution in [3.63, 3.8) is 0 Å². The molecule has 17 heavy (non-hydrogen) atoms. The van der Waals surface area contributed by atoms with E-state index in [1.165, 1.54) is 6.26 Å². The molecular weight excluding hydrogens is 238 g/mol. The van der Waals surface area contributed by atoms with Crippen LogP contribution in [0, 0.1) is 5.92 Å². The SMILES string of the molecule is CS(=O)(=O)NC[C@H]1CCO[C@H]1c1ccccc1. The molecule has 1 aliphatic rings. The Morgan fingerprint density at radius 1 is 1.35 bits per heavy atom. The summed E-state index contributed by atoms with van der Waals surface area (Å²) in [6.45, 7) is 1.13. The summed E-state index contributed by atoms with van der Waals surface area (Å²) in [7, 11) is -3.12. The van der Waals surface area contributed by atoms with E-state index >= 15 is 0 Å². The Morgan fingerprint density at radius 2 is 2.06 bits per heavy atom. The predicted molar refractivity (Wildman–Crippen MR) is 66.1 cm³/mol. The largest absolute Gasteiger partial charge is 0.373 e. The van der Waals surface area contributed by atoms with E-state index in [9.17, 15) is 8.42 Å². The van der Waals surface area contributed by atoms with Gasteiger partial charge in [-0.15, -0.1) is 0 Å². The third-order valence-electron chi connectivity index (χ3n) is 2.95. The summed E-state index contributed by atoms with van der Waals surface area (Å²) < 4.78 is 30.4. The van der Waals surface area contributed by atoms with Crippen LogP contribution in [0.2, 0.25) is 0 Å². The van der Waals surface area contributed by atoms with Gasteiger partial charge in [0.25, 0.3) is 0 Å². The van der Waals surface area contributed by atoms with Crippen molar-refractivity contribution in [2.75, 3.05) is 19.4 Å². The Hall–Kier alpha value is -0.910. The fraction of sp³-hybridized carbons (Fsp3) is 0.500. The Morgan fingerprint density at radius 3 is 2.71 bits per heavy atom. The highest BCUT2D eigenvalue weighted by Gasteiger charge is 2.29. The molecule has 5 heteroatoms. The number of nitrogens with one attached hydrogen (secondary N) is 1. The van der Waals surface area contributed by atoms with E-state index in [1.807, 2.05) is 30.3 Å². The molecule has 1 N–H and O–H groups in total. The lowest BCUT2D eigenvalue weighted by Crippen LogP contribution is -2.29. The first-order valence-corrected chi connectivity index (χ1v) is 7.56. The minimum atomic E-state index is -3.12. The van der Waals surface area contributed by atoms with Crippen molar-refractivity contribution in [2.45, 2.75) is 12.5 Å². The molecule has 0 radical (unpaired) electrons. The number of ether oxygens (including phenoxy) is 1. The second kappa shape index (κ2) is 5.16. The number of rotatable bonds is 4. The van der Waals surface area contributed by atoms with E-state index in [-0.39, 0.29) is 12.0 Å². The summed E-state index contributed by atoms with van der Waals surface area (Å²) in [5.41, 5.74) is 1.12. The Bertz CT molecular complexity index is 458. The van der Waals surface area contributed by atoms with Gasteiger partial charge in [-0.2, -0.15) is 0 Å². The van der Waals surface area contributed by atoms with Gasteiger partial charge >= 0.3 is 0 Å². The third-order valence-corrected chi connectivity index (χ3v) is 3.64. The predicted octanol–water partition coefficient (Wildman–Crippen LogP) is 1.31. The lowest BCUT2D eigenvalue weighted by molar-refractivity contribution is 0.0917. The van der Waals surface area contributed by atoms with Crippen molar-refractivity contribution in [3.8, 4) is 0 Å². The molecule has 1 fully saturated rings. The van der Waals surface area contributed by atoms with E-state index < -0.39 is 10.0 Å². The topological polar surface area (TPSA) is 55.4 Å². The summed E-state index contributed by atoms with van der Waals surface area (Å²) in [6, 6.07) is 9.94. The van der Waals surface area contributed by atoms with Gasteiger partial charge in [-0.25, -0.2) is 13.1 Å². The Balaban J connectivity index is 2.03. The van der Waals surface area contributed by atoms with Crippen LogP contribution in [0.1, 0.15) is 18.1 Å². The monoisotopic (exact) mass is 255 g/mol. The molecule has 2 rings (SSSR count). The van der Waals surface area contributed by atoms with Crippen molar-refractivity contribution < 1.29 is 13.2 Å². The van der Waals surface area contributed by atoms with Gasteiger partial charge in [-0.1, -0.05) is 30.3 Å². The first-order chi connectivity index (χ1) is 8.06. The molecule has 1 heterocycles. The fourth-order valence-corrected chi connectivity index (χ4v) is 2.63. The van der Waals surface area contributed by atoms with E-state index in [0.717, 1.165) is 12.0 Å². The smallest absolute Gasteiger partial charge is 0.208 e. The molecule has 94 valence electrons. The van der Waals surface area contributed by atoms with Crippen LogP contribution in [0.3, 0.4) is 0 Å². The van der Waals surface area contributed by atoms with Crippen LogP contribution in [-0.2, 0) is 14.8 Å². The molecule has 4 nitrogen and oxygen atoms in total. The summed E-state index contributed by atoms with van der Waals surface area (Å²) in [5.74, 6) is 0.215. The lowest BCUT2D eigenvalue weighted by atomic mass is 9.96. The van der Waals surface area contributed by atoms with Crippen LogP contribution in [-0.4, -0.2) is 27.8 Å². The van der Waals surface area contributed by atoms with Gasteiger partial charge in [0.15, 0.2) is 0 Å². The van der Waals surface area contributed by atoms with Gasteiger partial charge in [0.2, 0.25) is 10.0 Å². The zero-order valence-electron chi connectivity index (χ0n) is 9.80. The average molecular weight is 255 g/mol. The highest BCUT2D eigenvalue weighted by molar-refractivity contribution is 7.88. The van der Waals surface area contributed by atoms with Crippen molar-refractivity contribution in [2.24, 2.45) is 5.92 Å². The maximum Gasteiger partial charge on any atom is 0.208 e. The molecule has 0 bridgehead atoms. The molecule has 1 aromatic rings. The Kier molecular flexibility index (Phi) is 3.81. The molecule has 1 aliphatic heterocycles. The van der Waals surface area contributed by atoms with E-state index in [2.05, 4.69) is 4.72 Å². The lowest BCUT2D eigenvalue weighted by Gasteiger charge is -2.18. The molecule has 0 aromatic heterocycles. The van der Waals surface area contributed by atoms with Crippen molar-refractivity contribution in [1.82, 2.24) is 4.72 Å². The van der Waals surface area contributed by atoms with Crippen molar-refractivity contribution >= 4 is 10.0 Å². The fourth-order valence-electron chi connectivity index (χ4n) is 2.11. The molecule has 1 saturated heterocycles. The highest BCUT2D eigenvalue weighted by atomic mass is 32.2. The summed E-state index contributed by atoms with van der Waals surface area (Å²) in [5, 5.41) is 0. The van der Waals surface area contributed by atoms with Crippen LogP contribution in [0.5, 0.6) is 0 Å². The van der Waals surface area contributed by atoms with Crippen molar-refractivity contribution in [1.29, 1.82) is 0 Å². The summed E-state index contributed by atoms with van der Waals surface area (Å²) in [6.07, 6.45) is 2.08. The zero-order valence-corrected chi connectivity index (χ0v) is 10.6. The van der Waals surface area contributed by atoms with Crippen LogP contribution < -0.4 is 4.72 Å². The van der Waals surface area contributed by atoms with Gasteiger partial charge in [-0.05, 0) is 12.0 Å². The average Bonchev–Trinajstić information content (AvgIpc) is 2.75. The standard InChI is InChI=1S/C12H17NO3S/c1-17(14,15)13-9-11-7-8-16-12(11)10-5-3-2-4-6-10/h2-6,11-13H,7-9H2,1H3/t11-,12+/m1/s1. The minimum Gasteiger partial charge on any atom is -0.373 e. The molecule has 0 amide bonds. The molecule has 0 aliphatic carbocycles. The second-order valence-corrected chi connectivity index (χ2v) is 6.20. The first kappa shape index (κ1) is 12.5. The van der Waals surface area contributed by atoms with Gasteiger partial charge in [-0.3, -0.25) is 0 Å².